The van der Waals surface area contributed by atoms with Gasteiger partial charge in [-0.3, -0.25) is 9.59 Å². The van der Waals surface area contributed by atoms with Gasteiger partial charge in [-0.15, -0.1) is 0 Å². The number of carbonyl (C=O) groups is 2. The Morgan fingerprint density at radius 1 is 0.818 bits per heavy atom. The Labute approximate surface area is 159 Å². The molecule has 0 unspecified atom stereocenters. The Bertz CT molecular complexity index is 446. The van der Waals surface area contributed by atoms with Gasteiger partial charge in [0.15, 0.2) is 0 Å². The topological polar surface area (TPSA) is 40.6 Å². The van der Waals surface area contributed by atoms with Gasteiger partial charge in [-0.05, 0) is 37.1 Å². The van der Waals surface area contributed by atoms with Gasteiger partial charge in [0.05, 0.1) is 0 Å². The summed E-state index contributed by atoms with van der Waals surface area (Å²) in [6.45, 7) is 1.50. The van der Waals surface area contributed by atoms with Crippen molar-refractivity contribution in [2.24, 2.45) is 0 Å². The number of hydrogen-bond acceptors (Lipinski definition) is 2. The quantitative estimate of drug-likeness (QED) is 0.383. The number of alkyl halides is 2. The summed E-state index contributed by atoms with van der Waals surface area (Å²) in [5.41, 5.74) is 1.25. The average molecular weight is 528 g/mol. The lowest BCUT2D eigenvalue weighted by Gasteiger charge is -2.18. The van der Waals surface area contributed by atoms with E-state index in [1.165, 1.54) is 0 Å². The van der Waals surface area contributed by atoms with Gasteiger partial charge in [0.2, 0.25) is 0 Å². The molecule has 0 radical (unpaired) electrons. The van der Waals surface area contributed by atoms with E-state index < -0.39 is 0 Å². The smallest absolute Gasteiger partial charge is 0.253 e. The molecule has 0 aliphatic rings. The number of nitrogens with zero attached hydrogens (tertiary/aromatic N) is 2. The van der Waals surface area contributed by atoms with Crippen molar-refractivity contribution in [3.8, 4) is 0 Å². The number of amides is 2. The molecule has 1 aromatic carbocycles. The van der Waals surface area contributed by atoms with Gasteiger partial charge in [-0.1, -0.05) is 45.2 Å². The zero-order valence-corrected chi connectivity index (χ0v) is 17.3. The molecule has 0 saturated heterocycles. The maximum absolute atomic E-state index is 12.2. The van der Waals surface area contributed by atoms with E-state index in [2.05, 4.69) is 45.2 Å². The number of carbonyl (C=O) groups excluding carboxylic acids is 2. The van der Waals surface area contributed by atoms with E-state index in [1.807, 2.05) is 14.1 Å². The van der Waals surface area contributed by atoms with Crippen molar-refractivity contribution in [3.63, 3.8) is 0 Å². The first-order valence-electron chi connectivity index (χ1n) is 7.24. The fraction of sp³-hybridized carbons (Fsp3) is 0.500. The van der Waals surface area contributed by atoms with Crippen LogP contribution in [0.4, 0.5) is 0 Å². The van der Waals surface area contributed by atoms with Crippen molar-refractivity contribution in [1.29, 1.82) is 0 Å². The lowest BCUT2D eigenvalue weighted by Crippen LogP contribution is -2.29. The van der Waals surface area contributed by atoms with E-state index in [0.717, 1.165) is 34.8 Å². The van der Waals surface area contributed by atoms with Crippen LogP contribution in [0.15, 0.2) is 24.3 Å². The van der Waals surface area contributed by atoms with Crippen LogP contribution in [0.5, 0.6) is 0 Å². The molecule has 1 rings (SSSR count). The van der Waals surface area contributed by atoms with E-state index in [0.29, 0.717) is 11.1 Å². The van der Waals surface area contributed by atoms with Crippen LogP contribution in [0.1, 0.15) is 33.6 Å². The first kappa shape index (κ1) is 19.7. The van der Waals surface area contributed by atoms with Crippen molar-refractivity contribution in [3.05, 3.63) is 35.4 Å². The van der Waals surface area contributed by atoms with Gasteiger partial charge in [0.25, 0.3) is 11.8 Å². The number of halogens is 2. The monoisotopic (exact) mass is 528 g/mol. The first-order chi connectivity index (χ1) is 10.5. The van der Waals surface area contributed by atoms with Crippen LogP contribution in [-0.4, -0.2) is 57.7 Å². The zero-order chi connectivity index (χ0) is 16.5. The summed E-state index contributed by atoms with van der Waals surface area (Å²) in [6.07, 6.45) is 1.97. The van der Waals surface area contributed by atoms with Crippen LogP contribution in [0.25, 0.3) is 0 Å². The molecule has 0 bridgehead atoms. The summed E-state index contributed by atoms with van der Waals surface area (Å²) in [4.78, 5) is 27.9. The second-order valence-corrected chi connectivity index (χ2v) is 7.27. The number of hydrogen-bond donors (Lipinski definition) is 0. The van der Waals surface area contributed by atoms with E-state index in [-0.39, 0.29) is 11.8 Å². The highest BCUT2D eigenvalue weighted by Crippen LogP contribution is 2.10. The zero-order valence-electron chi connectivity index (χ0n) is 13.0. The molecule has 1 aromatic rings. The predicted octanol–water partition coefficient (Wildman–Crippen LogP) is 3.48. The van der Waals surface area contributed by atoms with Crippen molar-refractivity contribution in [2.45, 2.75) is 12.8 Å². The summed E-state index contributed by atoms with van der Waals surface area (Å²) < 4.78 is 2.07. The van der Waals surface area contributed by atoms with Crippen LogP contribution < -0.4 is 0 Å². The van der Waals surface area contributed by atoms with Gasteiger partial charge in [0.1, 0.15) is 0 Å². The summed E-state index contributed by atoms with van der Waals surface area (Å²) in [5.74, 6) is 0.00392. The molecule has 0 N–H and O–H groups in total. The Morgan fingerprint density at radius 3 is 1.41 bits per heavy atom. The predicted molar refractivity (Wildman–Crippen MR) is 107 cm³/mol. The third kappa shape index (κ3) is 6.02. The first-order valence-corrected chi connectivity index (χ1v) is 10.3. The van der Waals surface area contributed by atoms with E-state index in [4.69, 9.17) is 0 Å². The molecule has 0 spiro atoms. The standard InChI is InChI=1S/C16H22I2N2O2/c1-19(11-3-9-17)15(21)13-5-7-14(8-6-13)16(22)20(2)12-4-10-18/h5-8H,3-4,9-12H2,1-2H3. The number of rotatable bonds is 8. The molecule has 0 aromatic heterocycles. The van der Waals surface area contributed by atoms with Crippen molar-refractivity contribution in [2.75, 3.05) is 36.0 Å². The highest BCUT2D eigenvalue weighted by molar-refractivity contribution is 14.1. The minimum absolute atomic E-state index is 0.00196. The largest absolute Gasteiger partial charge is 0.342 e. The van der Waals surface area contributed by atoms with Crippen molar-refractivity contribution in [1.82, 2.24) is 9.80 Å². The van der Waals surface area contributed by atoms with Crippen molar-refractivity contribution >= 4 is 57.0 Å². The normalized spacial score (nSPS) is 10.4. The molecule has 0 aliphatic heterocycles. The average Bonchev–Trinajstić information content (AvgIpc) is 2.56. The second kappa shape index (κ2) is 10.4. The van der Waals surface area contributed by atoms with Crippen LogP contribution >= 0.6 is 45.2 Å². The maximum Gasteiger partial charge on any atom is 0.253 e. The lowest BCUT2D eigenvalue weighted by molar-refractivity contribution is 0.0784. The molecule has 0 fully saturated rings. The van der Waals surface area contributed by atoms with Gasteiger partial charge in [-0.2, -0.15) is 0 Å². The fourth-order valence-electron chi connectivity index (χ4n) is 1.99. The number of benzene rings is 1. The molecule has 0 atom stereocenters. The molecule has 0 aliphatic carbocycles. The Balaban J connectivity index is 2.69. The summed E-state index contributed by atoms with van der Waals surface area (Å²) >= 11 is 4.61. The van der Waals surface area contributed by atoms with Gasteiger partial charge >= 0.3 is 0 Å². The van der Waals surface area contributed by atoms with E-state index >= 15 is 0 Å². The second-order valence-electron chi connectivity index (χ2n) is 5.12. The van der Waals surface area contributed by atoms with Gasteiger partial charge in [0, 0.05) is 47.2 Å². The molecular formula is C16H22I2N2O2. The van der Waals surface area contributed by atoms with Crippen LogP contribution in [0.2, 0.25) is 0 Å². The van der Waals surface area contributed by atoms with Gasteiger partial charge in [-0.25, -0.2) is 0 Å². The Kier molecular flexibility index (Phi) is 9.30. The summed E-state index contributed by atoms with van der Waals surface area (Å²) in [5, 5.41) is 0. The minimum Gasteiger partial charge on any atom is -0.342 e. The maximum atomic E-state index is 12.2. The minimum atomic E-state index is 0.00196. The molecule has 0 heterocycles. The van der Waals surface area contributed by atoms with Crippen molar-refractivity contribution < 1.29 is 9.59 Å². The van der Waals surface area contributed by atoms with E-state index in [9.17, 15) is 9.59 Å². The molecule has 2 amide bonds. The molecule has 122 valence electrons. The third-order valence-electron chi connectivity index (χ3n) is 3.33. The summed E-state index contributed by atoms with van der Waals surface area (Å²) in [6, 6.07) is 6.95. The SMILES string of the molecule is CN(CCCI)C(=O)c1ccc(C(=O)N(C)CCCI)cc1. The Morgan fingerprint density at radius 2 is 1.14 bits per heavy atom. The third-order valence-corrected chi connectivity index (χ3v) is 4.85. The van der Waals surface area contributed by atoms with Gasteiger partial charge < -0.3 is 9.80 Å². The Hall–Kier alpha value is -0.380. The summed E-state index contributed by atoms with van der Waals surface area (Å²) in [7, 11) is 3.62. The molecule has 22 heavy (non-hydrogen) atoms. The molecule has 4 nitrogen and oxygen atoms in total. The fourth-order valence-corrected chi connectivity index (χ4v) is 2.68. The van der Waals surface area contributed by atoms with E-state index in [1.54, 1.807) is 34.1 Å². The highest BCUT2D eigenvalue weighted by Gasteiger charge is 2.14. The van der Waals surface area contributed by atoms with Crippen LogP contribution in [-0.2, 0) is 0 Å². The van der Waals surface area contributed by atoms with Crippen LogP contribution in [0.3, 0.4) is 0 Å². The van der Waals surface area contributed by atoms with Crippen LogP contribution in [0, 0.1) is 0 Å². The molecule has 0 saturated carbocycles. The lowest BCUT2D eigenvalue weighted by atomic mass is 10.1. The molecule has 6 heteroatoms. The molecular weight excluding hydrogens is 506 g/mol. The highest BCUT2D eigenvalue weighted by atomic mass is 127.